The normalized spacial score (nSPS) is 13.8. The summed E-state index contributed by atoms with van der Waals surface area (Å²) in [5, 5.41) is 24.5. The van der Waals surface area contributed by atoms with Crippen molar-refractivity contribution in [2.75, 3.05) is 6.54 Å². The minimum Gasteiger partial charge on any atom is -0.508 e. The van der Waals surface area contributed by atoms with E-state index in [0.717, 1.165) is 4.88 Å². The van der Waals surface area contributed by atoms with Crippen LogP contribution in [0.25, 0.3) is 0 Å². The Labute approximate surface area is 121 Å². The van der Waals surface area contributed by atoms with Crippen LogP contribution in [0.15, 0.2) is 35.7 Å². The van der Waals surface area contributed by atoms with Crippen molar-refractivity contribution in [3.05, 3.63) is 51.7 Å². The Morgan fingerprint density at radius 1 is 1.35 bits per heavy atom. The number of carbonyl (C=O) groups excluding carboxylic acids is 1. The number of rotatable bonds is 4. The van der Waals surface area contributed by atoms with Crippen LogP contribution in [0.1, 0.15) is 27.7 Å². The number of carbonyl (C=O) groups is 1. The zero-order valence-electron chi connectivity index (χ0n) is 11.4. The summed E-state index contributed by atoms with van der Waals surface area (Å²) < 4.78 is 0. The number of hydrogen-bond acceptors (Lipinski definition) is 4. The molecular weight excluding hydrogens is 274 g/mol. The van der Waals surface area contributed by atoms with Crippen molar-refractivity contribution in [2.45, 2.75) is 19.4 Å². The van der Waals surface area contributed by atoms with Gasteiger partial charge in [0.2, 0.25) is 0 Å². The number of aliphatic hydroxyl groups is 1. The molecule has 0 spiro atoms. The molecule has 0 aliphatic carbocycles. The Balaban J connectivity index is 2.08. The molecule has 5 heteroatoms. The molecule has 0 fully saturated rings. The summed E-state index contributed by atoms with van der Waals surface area (Å²) in [5.41, 5.74) is -0.165. The summed E-state index contributed by atoms with van der Waals surface area (Å²) in [6.45, 7) is 3.46. The first-order valence-corrected chi connectivity index (χ1v) is 7.13. The average molecular weight is 291 g/mol. The van der Waals surface area contributed by atoms with Gasteiger partial charge in [0.05, 0.1) is 6.54 Å². The monoisotopic (exact) mass is 291 g/mol. The highest BCUT2D eigenvalue weighted by Gasteiger charge is 2.25. The first-order chi connectivity index (χ1) is 9.42. The highest BCUT2D eigenvalue weighted by atomic mass is 32.1. The van der Waals surface area contributed by atoms with E-state index in [0.29, 0.717) is 11.1 Å². The van der Waals surface area contributed by atoms with Gasteiger partial charge in [0.15, 0.2) is 0 Å². The van der Waals surface area contributed by atoms with Crippen LogP contribution < -0.4 is 5.32 Å². The van der Waals surface area contributed by atoms with E-state index in [1.165, 1.54) is 17.4 Å². The zero-order valence-corrected chi connectivity index (χ0v) is 12.2. The number of amides is 1. The van der Waals surface area contributed by atoms with Gasteiger partial charge < -0.3 is 15.5 Å². The van der Waals surface area contributed by atoms with Crippen LogP contribution in [-0.2, 0) is 5.60 Å². The van der Waals surface area contributed by atoms with Gasteiger partial charge in [0, 0.05) is 16.0 Å². The molecule has 0 radical (unpaired) electrons. The second kappa shape index (κ2) is 5.64. The van der Waals surface area contributed by atoms with E-state index in [4.69, 9.17) is 0 Å². The summed E-state index contributed by atoms with van der Waals surface area (Å²) in [6.07, 6.45) is 0. The minimum absolute atomic E-state index is 0.0858. The number of benzene rings is 1. The third-order valence-corrected chi connectivity index (χ3v) is 4.32. The molecule has 0 bridgehead atoms. The lowest BCUT2D eigenvalue weighted by Gasteiger charge is -2.22. The smallest absolute Gasteiger partial charge is 0.251 e. The van der Waals surface area contributed by atoms with Crippen LogP contribution >= 0.6 is 11.3 Å². The van der Waals surface area contributed by atoms with E-state index in [2.05, 4.69) is 5.32 Å². The van der Waals surface area contributed by atoms with Gasteiger partial charge in [-0.05, 0) is 37.4 Å². The van der Waals surface area contributed by atoms with Gasteiger partial charge in [-0.2, -0.15) is 0 Å². The van der Waals surface area contributed by atoms with Crippen LogP contribution in [0.5, 0.6) is 5.75 Å². The molecule has 0 saturated carbocycles. The summed E-state index contributed by atoms with van der Waals surface area (Å²) >= 11 is 1.44. The van der Waals surface area contributed by atoms with E-state index >= 15 is 0 Å². The van der Waals surface area contributed by atoms with Crippen LogP contribution in [0.2, 0.25) is 0 Å². The second-order valence-corrected chi connectivity index (χ2v) is 5.83. The maximum atomic E-state index is 12.1. The Morgan fingerprint density at radius 3 is 2.75 bits per heavy atom. The lowest BCUT2D eigenvalue weighted by Crippen LogP contribution is -2.38. The first-order valence-electron chi connectivity index (χ1n) is 6.25. The van der Waals surface area contributed by atoms with Crippen LogP contribution in [0.4, 0.5) is 0 Å². The predicted octanol–water partition coefficient (Wildman–Crippen LogP) is 2.40. The van der Waals surface area contributed by atoms with Gasteiger partial charge in [-0.15, -0.1) is 11.3 Å². The Bertz CT molecular complexity index is 606. The molecule has 4 nitrogen and oxygen atoms in total. The molecule has 1 amide bonds. The van der Waals surface area contributed by atoms with Gasteiger partial charge in [-0.1, -0.05) is 12.1 Å². The van der Waals surface area contributed by atoms with E-state index in [1.54, 1.807) is 26.0 Å². The molecule has 1 heterocycles. The van der Waals surface area contributed by atoms with E-state index < -0.39 is 5.60 Å². The van der Waals surface area contributed by atoms with Crippen molar-refractivity contribution in [1.29, 1.82) is 0 Å². The molecule has 3 N–H and O–H groups in total. The highest BCUT2D eigenvalue weighted by Crippen LogP contribution is 2.25. The summed E-state index contributed by atoms with van der Waals surface area (Å²) in [5.74, 6) is -0.224. The third-order valence-electron chi connectivity index (χ3n) is 3.19. The molecule has 1 atom stereocenters. The lowest BCUT2D eigenvalue weighted by molar-refractivity contribution is 0.0556. The fourth-order valence-electron chi connectivity index (χ4n) is 1.89. The quantitative estimate of drug-likeness (QED) is 0.810. The molecule has 2 rings (SSSR count). The van der Waals surface area contributed by atoms with Crippen LogP contribution in [0.3, 0.4) is 0 Å². The number of nitrogens with one attached hydrogen (secondary N) is 1. The first kappa shape index (κ1) is 14.6. The molecule has 20 heavy (non-hydrogen) atoms. The minimum atomic E-state index is -1.10. The predicted molar refractivity (Wildman–Crippen MR) is 79.1 cm³/mol. The van der Waals surface area contributed by atoms with Crippen molar-refractivity contribution in [3.63, 3.8) is 0 Å². The molecular formula is C15H17NO3S. The number of aromatic hydroxyl groups is 1. The molecule has 2 aromatic rings. The summed E-state index contributed by atoms with van der Waals surface area (Å²) in [4.78, 5) is 12.9. The molecule has 0 saturated heterocycles. The Morgan fingerprint density at radius 2 is 2.10 bits per heavy atom. The van der Waals surface area contributed by atoms with Crippen molar-refractivity contribution >= 4 is 17.2 Å². The van der Waals surface area contributed by atoms with Gasteiger partial charge in [-0.3, -0.25) is 4.79 Å². The second-order valence-electron chi connectivity index (χ2n) is 4.88. The number of thiophene rings is 1. The third kappa shape index (κ3) is 3.00. The topological polar surface area (TPSA) is 69.6 Å². The largest absolute Gasteiger partial charge is 0.508 e. The summed E-state index contributed by atoms with van der Waals surface area (Å²) in [7, 11) is 0. The average Bonchev–Trinajstić information content (AvgIpc) is 2.94. The molecule has 1 unspecified atom stereocenters. The molecule has 0 aliphatic heterocycles. The maximum absolute atomic E-state index is 12.1. The van der Waals surface area contributed by atoms with Crippen molar-refractivity contribution in [2.24, 2.45) is 0 Å². The van der Waals surface area contributed by atoms with Gasteiger partial charge in [0.1, 0.15) is 11.4 Å². The number of hydrogen-bond donors (Lipinski definition) is 3. The molecule has 1 aromatic carbocycles. The van der Waals surface area contributed by atoms with E-state index in [9.17, 15) is 15.0 Å². The highest BCUT2D eigenvalue weighted by molar-refractivity contribution is 7.10. The van der Waals surface area contributed by atoms with Crippen molar-refractivity contribution in [3.8, 4) is 5.75 Å². The number of phenolic OH excluding ortho intramolecular Hbond substituents is 1. The molecule has 106 valence electrons. The van der Waals surface area contributed by atoms with Gasteiger partial charge >= 0.3 is 0 Å². The zero-order chi connectivity index (χ0) is 14.8. The van der Waals surface area contributed by atoms with E-state index in [-0.39, 0.29) is 18.2 Å². The lowest BCUT2D eigenvalue weighted by atomic mass is 10.0. The molecule has 1 aromatic heterocycles. The van der Waals surface area contributed by atoms with Crippen LogP contribution in [0, 0.1) is 6.92 Å². The fourth-order valence-corrected chi connectivity index (χ4v) is 2.68. The standard InChI is InChI=1S/C15H17NO3S/c1-10-11(5-3-6-12(10)17)14(18)16-9-15(2,19)13-7-4-8-20-13/h3-8,17,19H,9H2,1-2H3,(H,16,18). The number of phenols is 1. The van der Waals surface area contributed by atoms with Gasteiger partial charge in [0.25, 0.3) is 5.91 Å². The Kier molecular flexibility index (Phi) is 4.11. The van der Waals surface area contributed by atoms with Crippen molar-refractivity contribution in [1.82, 2.24) is 5.32 Å². The Hall–Kier alpha value is -1.85. The maximum Gasteiger partial charge on any atom is 0.251 e. The van der Waals surface area contributed by atoms with Crippen molar-refractivity contribution < 1.29 is 15.0 Å². The van der Waals surface area contributed by atoms with Gasteiger partial charge in [-0.25, -0.2) is 0 Å². The fraction of sp³-hybridized carbons (Fsp3) is 0.267. The van der Waals surface area contributed by atoms with Crippen LogP contribution in [-0.4, -0.2) is 22.7 Å². The SMILES string of the molecule is Cc1c(O)cccc1C(=O)NCC(C)(O)c1cccs1. The summed E-state index contributed by atoms with van der Waals surface area (Å²) in [6, 6.07) is 8.49. The molecule has 0 aliphatic rings. The van der Waals surface area contributed by atoms with E-state index in [1.807, 2.05) is 17.5 Å².